The molecule has 1 aliphatic heterocycles. The zero-order valence-corrected chi connectivity index (χ0v) is 14.3. The van der Waals surface area contributed by atoms with E-state index < -0.39 is 0 Å². The number of hydrogen-bond acceptors (Lipinski definition) is 3. The Hall–Kier alpha value is -1.62. The molecule has 2 N–H and O–H groups in total. The Morgan fingerprint density at radius 2 is 2.04 bits per heavy atom. The van der Waals surface area contributed by atoms with Gasteiger partial charge < -0.3 is 15.4 Å². The second kappa shape index (κ2) is 7.97. The summed E-state index contributed by atoms with van der Waals surface area (Å²) in [6, 6.07) is 5.08. The second-order valence-corrected chi connectivity index (χ2v) is 7.08. The molecule has 1 saturated heterocycles. The summed E-state index contributed by atoms with van der Waals surface area (Å²) in [5.41, 5.74) is 1.10. The predicted molar refractivity (Wildman–Crippen MR) is 93.6 cm³/mol. The van der Waals surface area contributed by atoms with Crippen molar-refractivity contribution in [3.05, 3.63) is 24.0 Å². The smallest absolute Gasteiger partial charge is 0.227 e. The van der Waals surface area contributed by atoms with E-state index >= 15 is 0 Å². The minimum Gasteiger partial charge on any atom is -0.382 e. The van der Waals surface area contributed by atoms with Crippen LogP contribution in [0.15, 0.2) is 18.2 Å². The maximum atomic E-state index is 14.1. The fourth-order valence-corrected chi connectivity index (χ4v) is 3.64. The fraction of sp³-hybridized carbons (Fsp3) is 0.632. The van der Waals surface area contributed by atoms with Gasteiger partial charge in [0, 0.05) is 30.2 Å². The molecule has 2 atom stereocenters. The van der Waals surface area contributed by atoms with Crippen LogP contribution in [0.2, 0.25) is 0 Å². The van der Waals surface area contributed by atoms with E-state index in [1.807, 2.05) is 0 Å². The van der Waals surface area contributed by atoms with Crippen LogP contribution in [0.4, 0.5) is 15.8 Å². The summed E-state index contributed by atoms with van der Waals surface area (Å²) < 4.78 is 19.5. The predicted octanol–water partition coefficient (Wildman–Crippen LogP) is 4.18. The summed E-state index contributed by atoms with van der Waals surface area (Å²) in [6.07, 6.45) is 6.22. The summed E-state index contributed by atoms with van der Waals surface area (Å²) >= 11 is 0. The number of halogens is 1. The van der Waals surface area contributed by atoms with Gasteiger partial charge in [0.05, 0.1) is 12.3 Å². The van der Waals surface area contributed by atoms with Crippen LogP contribution in [0.1, 0.15) is 45.4 Å². The maximum absolute atomic E-state index is 14.1. The number of anilines is 2. The number of carbonyl (C=O) groups is 1. The van der Waals surface area contributed by atoms with Gasteiger partial charge in [-0.15, -0.1) is 0 Å². The van der Waals surface area contributed by atoms with Crippen molar-refractivity contribution in [3.8, 4) is 0 Å². The van der Waals surface area contributed by atoms with Gasteiger partial charge in [-0.25, -0.2) is 4.39 Å². The molecule has 5 heteroatoms. The van der Waals surface area contributed by atoms with Crippen molar-refractivity contribution >= 4 is 17.3 Å². The van der Waals surface area contributed by atoms with E-state index in [-0.39, 0.29) is 29.4 Å². The van der Waals surface area contributed by atoms with Gasteiger partial charge in [0.2, 0.25) is 5.91 Å². The number of carbonyl (C=O) groups excluding carboxylic acids is 1. The molecule has 0 spiro atoms. The van der Waals surface area contributed by atoms with Gasteiger partial charge in [0.25, 0.3) is 0 Å². The molecule has 0 aromatic heterocycles. The van der Waals surface area contributed by atoms with Gasteiger partial charge in [-0.05, 0) is 44.4 Å². The third kappa shape index (κ3) is 4.26. The van der Waals surface area contributed by atoms with E-state index in [0.717, 1.165) is 51.0 Å². The molecule has 24 heavy (non-hydrogen) atoms. The Kier molecular flexibility index (Phi) is 5.72. The molecule has 1 saturated carbocycles. The minimum atomic E-state index is -0.387. The van der Waals surface area contributed by atoms with E-state index in [4.69, 9.17) is 4.74 Å². The molecular weight excluding hydrogens is 307 g/mol. The van der Waals surface area contributed by atoms with E-state index in [1.165, 1.54) is 12.5 Å². The van der Waals surface area contributed by atoms with Crippen molar-refractivity contribution in [2.45, 2.75) is 51.5 Å². The van der Waals surface area contributed by atoms with Crippen LogP contribution in [0.5, 0.6) is 0 Å². The average Bonchev–Trinajstić information content (AvgIpc) is 3.13. The second-order valence-electron chi connectivity index (χ2n) is 7.08. The highest BCUT2D eigenvalue weighted by molar-refractivity contribution is 5.93. The highest BCUT2D eigenvalue weighted by Crippen LogP contribution is 2.27. The highest BCUT2D eigenvalue weighted by atomic mass is 19.1. The Morgan fingerprint density at radius 1 is 1.25 bits per heavy atom. The Morgan fingerprint density at radius 3 is 2.75 bits per heavy atom. The van der Waals surface area contributed by atoms with Gasteiger partial charge in [0.1, 0.15) is 5.82 Å². The minimum absolute atomic E-state index is 0.0179. The first-order valence-corrected chi connectivity index (χ1v) is 9.08. The lowest BCUT2D eigenvalue weighted by Gasteiger charge is -2.22. The first-order valence-electron chi connectivity index (χ1n) is 9.08. The number of rotatable bonds is 5. The lowest BCUT2D eigenvalue weighted by Crippen LogP contribution is -2.27. The summed E-state index contributed by atoms with van der Waals surface area (Å²) in [7, 11) is 0. The molecule has 4 nitrogen and oxygen atoms in total. The highest BCUT2D eigenvalue weighted by Gasteiger charge is 2.24. The largest absolute Gasteiger partial charge is 0.382 e. The van der Waals surface area contributed by atoms with Gasteiger partial charge in [0.15, 0.2) is 0 Å². The molecule has 0 unspecified atom stereocenters. The molecular formula is C19H27FN2O2. The molecule has 132 valence electrons. The van der Waals surface area contributed by atoms with Gasteiger partial charge in [-0.1, -0.05) is 19.3 Å². The van der Waals surface area contributed by atoms with Crippen LogP contribution < -0.4 is 10.6 Å². The lowest BCUT2D eigenvalue weighted by molar-refractivity contribution is -0.120. The molecule has 2 aliphatic rings. The Labute approximate surface area is 143 Å². The summed E-state index contributed by atoms with van der Waals surface area (Å²) in [6.45, 7) is 3.69. The quantitative estimate of drug-likeness (QED) is 0.849. The molecule has 2 fully saturated rings. The number of nitrogens with one attached hydrogen (secondary N) is 2. The fourth-order valence-electron chi connectivity index (χ4n) is 3.64. The molecule has 1 aromatic rings. The molecule has 0 bridgehead atoms. The first kappa shape index (κ1) is 17.2. The topological polar surface area (TPSA) is 50.4 Å². The average molecular weight is 334 g/mol. The number of hydrogen-bond donors (Lipinski definition) is 2. The molecule has 3 rings (SSSR count). The summed E-state index contributed by atoms with van der Waals surface area (Å²) in [5, 5.41) is 6.19. The Balaban J connectivity index is 1.63. The standard InChI is InChI=1S/C19H27FN2O2/c1-13(15-9-10-24-12-15)21-16-7-8-17(20)18(11-16)22-19(23)14-5-3-2-4-6-14/h7-8,11,13-15,21H,2-6,9-10,12H2,1H3,(H,22,23)/t13-,15-/m1/s1. The van der Waals surface area contributed by atoms with E-state index in [9.17, 15) is 9.18 Å². The van der Waals surface area contributed by atoms with Crippen LogP contribution in [-0.4, -0.2) is 25.2 Å². The van der Waals surface area contributed by atoms with Crippen molar-refractivity contribution < 1.29 is 13.9 Å². The van der Waals surface area contributed by atoms with Crippen molar-refractivity contribution in [2.24, 2.45) is 11.8 Å². The van der Waals surface area contributed by atoms with E-state index in [2.05, 4.69) is 17.6 Å². The van der Waals surface area contributed by atoms with Crippen LogP contribution in [0.25, 0.3) is 0 Å². The van der Waals surface area contributed by atoms with Gasteiger partial charge >= 0.3 is 0 Å². The Bertz CT molecular complexity index is 566. The molecule has 0 radical (unpaired) electrons. The molecule has 1 amide bonds. The summed E-state index contributed by atoms with van der Waals surface area (Å²) in [5.74, 6) is 0.0456. The third-order valence-corrected chi connectivity index (χ3v) is 5.27. The molecule has 1 heterocycles. The van der Waals surface area contributed by atoms with E-state index in [0.29, 0.717) is 5.92 Å². The lowest BCUT2D eigenvalue weighted by atomic mass is 9.88. The number of benzene rings is 1. The van der Waals surface area contributed by atoms with Gasteiger partial charge in [-0.3, -0.25) is 4.79 Å². The monoisotopic (exact) mass is 334 g/mol. The van der Waals surface area contributed by atoms with Crippen LogP contribution in [0, 0.1) is 17.7 Å². The first-order chi connectivity index (χ1) is 11.6. The van der Waals surface area contributed by atoms with E-state index in [1.54, 1.807) is 12.1 Å². The zero-order valence-electron chi connectivity index (χ0n) is 14.3. The third-order valence-electron chi connectivity index (χ3n) is 5.27. The van der Waals surface area contributed by atoms with Gasteiger partial charge in [-0.2, -0.15) is 0 Å². The number of ether oxygens (including phenoxy) is 1. The van der Waals surface area contributed by atoms with Crippen LogP contribution in [-0.2, 0) is 9.53 Å². The molecule has 1 aliphatic carbocycles. The maximum Gasteiger partial charge on any atom is 0.227 e. The van der Waals surface area contributed by atoms with Crippen molar-refractivity contribution in [1.82, 2.24) is 0 Å². The van der Waals surface area contributed by atoms with Crippen LogP contribution >= 0.6 is 0 Å². The normalized spacial score (nSPS) is 23.0. The molecule has 1 aromatic carbocycles. The van der Waals surface area contributed by atoms with Crippen molar-refractivity contribution in [3.63, 3.8) is 0 Å². The van der Waals surface area contributed by atoms with Crippen molar-refractivity contribution in [2.75, 3.05) is 23.8 Å². The zero-order chi connectivity index (χ0) is 16.9. The van der Waals surface area contributed by atoms with Crippen LogP contribution in [0.3, 0.4) is 0 Å². The SMILES string of the molecule is C[C@@H](Nc1ccc(F)c(NC(=O)C2CCCCC2)c1)[C@@H]1CCOC1. The summed E-state index contributed by atoms with van der Waals surface area (Å²) in [4.78, 5) is 12.3. The van der Waals surface area contributed by atoms with Crippen molar-refractivity contribution in [1.29, 1.82) is 0 Å². The number of amides is 1.